The minimum atomic E-state index is -3.15. The predicted octanol–water partition coefficient (Wildman–Crippen LogP) is 0.971. The normalized spacial score (nSPS) is 17.5. The van der Waals surface area contributed by atoms with Crippen LogP contribution in [0.3, 0.4) is 0 Å². The average molecular weight is 386 g/mol. The summed E-state index contributed by atoms with van der Waals surface area (Å²) in [4.78, 5) is 9.05. The second-order valence-corrected chi connectivity index (χ2v) is 10.3. The Morgan fingerprint density at radius 2 is 2.00 bits per heavy atom. The molecule has 148 valence electrons. The van der Waals surface area contributed by atoms with E-state index in [0.717, 1.165) is 50.9 Å². The van der Waals surface area contributed by atoms with Gasteiger partial charge < -0.3 is 14.7 Å². The first-order valence-corrected chi connectivity index (χ1v) is 10.8. The zero-order chi connectivity index (χ0) is 19.2. The Bertz CT molecular complexity index is 672. The molecule has 0 radical (unpaired) electrons. The first-order chi connectivity index (χ1) is 12.2. The van der Waals surface area contributed by atoms with Crippen LogP contribution in [0.25, 0.3) is 0 Å². The van der Waals surface area contributed by atoms with Crippen LogP contribution in [0.2, 0.25) is 0 Å². The lowest BCUT2D eigenvalue weighted by Gasteiger charge is -2.36. The number of aliphatic imine (C=N–C) groups is 1. The smallest absolute Gasteiger partial charge is 0.194 e. The highest BCUT2D eigenvalue weighted by Gasteiger charge is 2.28. The lowest BCUT2D eigenvalue weighted by atomic mass is 10.3. The lowest BCUT2D eigenvalue weighted by molar-refractivity contribution is 0.169. The minimum absolute atomic E-state index is 0.0670. The molecule has 26 heavy (non-hydrogen) atoms. The number of sulfone groups is 1. The molecule has 1 N–H and O–H groups in total. The second-order valence-electron chi connectivity index (χ2n) is 7.42. The number of hydrogen-bond donors (Lipinski definition) is 1. The van der Waals surface area contributed by atoms with E-state index < -0.39 is 14.6 Å². The highest BCUT2D eigenvalue weighted by molar-refractivity contribution is 7.92. The summed E-state index contributed by atoms with van der Waals surface area (Å²) in [6.45, 7) is 12.5. The quantitative estimate of drug-likeness (QED) is 0.576. The fourth-order valence-corrected chi connectivity index (χ4v) is 3.61. The number of guanidine groups is 1. The van der Waals surface area contributed by atoms with Crippen molar-refractivity contribution in [2.75, 3.05) is 45.0 Å². The fourth-order valence-electron chi connectivity index (χ4n) is 2.67. The van der Waals surface area contributed by atoms with Gasteiger partial charge in [-0.15, -0.1) is 0 Å². The van der Waals surface area contributed by atoms with Crippen LogP contribution >= 0.6 is 0 Å². The van der Waals surface area contributed by atoms with Gasteiger partial charge in [-0.25, -0.2) is 8.42 Å². The molecule has 8 nitrogen and oxygen atoms in total. The average Bonchev–Trinajstić information content (AvgIpc) is 3.07. The summed E-state index contributed by atoms with van der Waals surface area (Å²) in [5.74, 6) is 0.857. The van der Waals surface area contributed by atoms with Crippen LogP contribution in [0.5, 0.6) is 0 Å². The van der Waals surface area contributed by atoms with Gasteiger partial charge in [0.15, 0.2) is 15.8 Å². The van der Waals surface area contributed by atoms with E-state index in [-0.39, 0.29) is 12.3 Å². The van der Waals surface area contributed by atoms with E-state index in [1.165, 1.54) is 0 Å². The Labute approximate surface area is 156 Å². The number of aromatic nitrogens is 1. The van der Waals surface area contributed by atoms with Gasteiger partial charge in [-0.1, -0.05) is 5.16 Å². The lowest BCUT2D eigenvalue weighted by Crippen LogP contribution is -2.52. The van der Waals surface area contributed by atoms with Crippen LogP contribution in [-0.2, 0) is 16.4 Å². The van der Waals surface area contributed by atoms with E-state index in [1.807, 2.05) is 13.0 Å². The molecule has 0 unspecified atom stereocenters. The highest BCUT2D eigenvalue weighted by atomic mass is 32.2. The molecule has 0 amide bonds. The van der Waals surface area contributed by atoms with Gasteiger partial charge in [-0.2, -0.15) is 0 Å². The first kappa shape index (κ1) is 20.7. The van der Waals surface area contributed by atoms with E-state index >= 15 is 0 Å². The summed E-state index contributed by atoms with van der Waals surface area (Å²) in [5, 5.41) is 7.23. The molecule has 1 aliphatic rings. The zero-order valence-electron chi connectivity index (χ0n) is 16.2. The van der Waals surface area contributed by atoms with Gasteiger partial charge in [0.05, 0.1) is 22.7 Å². The minimum Gasteiger partial charge on any atom is -0.364 e. The third-order valence-corrected chi connectivity index (χ3v) is 7.02. The van der Waals surface area contributed by atoms with Crippen molar-refractivity contribution < 1.29 is 12.9 Å². The van der Waals surface area contributed by atoms with Gasteiger partial charge in [-0.3, -0.25) is 9.89 Å². The zero-order valence-corrected chi connectivity index (χ0v) is 17.0. The maximum atomic E-state index is 12.2. The third kappa shape index (κ3) is 5.70. The number of piperazine rings is 1. The number of nitrogens with zero attached hydrogens (tertiary/aromatic N) is 4. The molecule has 2 rings (SSSR count). The van der Waals surface area contributed by atoms with Crippen molar-refractivity contribution >= 4 is 15.8 Å². The standard InChI is InChI=1S/C17H31N5O3S/c1-5-18-16(19-7-13-26(23,24)17(2,3)4)22-10-8-21(9-11-22)14-15-6-12-25-20-15/h6,12H,5,7-11,13-14H2,1-4H3,(H,18,19). The van der Waals surface area contributed by atoms with Gasteiger partial charge >= 0.3 is 0 Å². The second kappa shape index (κ2) is 8.85. The summed E-state index contributed by atoms with van der Waals surface area (Å²) < 4.78 is 28.6. The molecule has 0 aliphatic carbocycles. The summed E-state index contributed by atoms with van der Waals surface area (Å²) in [6.07, 6.45) is 1.59. The van der Waals surface area contributed by atoms with E-state index in [0.29, 0.717) is 0 Å². The molecule has 1 aliphatic heterocycles. The van der Waals surface area contributed by atoms with Crippen molar-refractivity contribution in [1.82, 2.24) is 20.3 Å². The number of rotatable bonds is 6. The fraction of sp³-hybridized carbons (Fsp3) is 0.765. The van der Waals surface area contributed by atoms with Crippen molar-refractivity contribution in [2.24, 2.45) is 4.99 Å². The van der Waals surface area contributed by atoms with Crippen LogP contribution < -0.4 is 5.32 Å². The Balaban J connectivity index is 1.89. The molecule has 1 saturated heterocycles. The highest BCUT2D eigenvalue weighted by Crippen LogP contribution is 2.15. The molecule has 0 spiro atoms. The molecule has 9 heteroatoms. The van der Waals surface area contributed by atoms with Gasteiger partial charge in [0.1, 0.15) is 6.26 Å². The Kier molecular flexibility index (Phi) is 7.05. The molecule has 1 aromatic heterocycles. The van der Waals surface area contributed by atoms with Gasteiger partial charge in [-0.05, 0) is 27.7 Å². The molecule has 1 aromatic rings. The largest absolute Gasteiger partial charge is 0.364 e. The van der Waals surface area contributed by atoms with E-state index in [2.05, 4.69) is 25.3 Å². The van der Waals surface area contributed by atoms with E-state index in [1.54, 1.807) is 27.0 Å². The molecule has 0 bridgehead atoms. The number of hydrogen-bond acceptors (Lipinski definition) is 6. The van der Waals surface area contributed by atoms with Crippen molar-refractivity contribution in [1.29, 1.82) is 0 Å². The summed E-state index contributed by atoms with van der Waals surface area (Å²) >= 11 is 0. The van der Waals surface area contributed by atoms with Crippen LogP contribution in [0.4, 0.5) is 0 Å². The molecular formula is C17H31N5O3S. The Hall–Kier alpha value is -1.61. The van der Waals surface area contributed by atoms with E-state index in [9.17, 15) is 8.42 Å². The maximum Gasteiger partial charge on any atom is 0.194 e. The molecule has 0 saturated carbocycles. The summed E-state index contributed by atoms with van der Waals surface area (Å²) in [5.41, 5.74) is 0.936. The molecule has 0 atom stereocenters. The number of nitrogens with one attached hydrogen (secondary N) is 1. The van der Waals surface area contributed by atoms with Crippen LogP contribution in [0, 0.1) is 0 Å². The molecule has 0 aromatic carbocycles. The summed E-state index contributed by atoms with van der Waals surface area (Å²) in [6, 6.07) is 1.88. The SMILES string of the molecule is CCNC(=NCCS(=O)(=O)C(C)(C)C)N1CCN(Cc2ccon2)CC1. The molecule has 1 fully saturated rings. The van der Waals surface area contributed by atoms with Gasteiger partial charge in [0.25, 0.3) is 0 Å². The van der Waals surface area contributed by atoms with Crippen molar-refractivity contribution in [3.63, 3.8) is 0 Å². The third-order valence-electron chi connectivity index (χ3n) is 4.44. The topological polar surface area (TPSA) is 91.0 Å². The van der Waals surface area contributed by atoms with Gasteiger partial charge in [0, 0.05) is 45.3 Å². The molecular weight excluding hydrogens is 354 g/mol. The monoisotopic (exact) mass is 385 g/mol. The van der Waals surface area contributed by atoms with Gasteiger partial charge in [0.2, 0.25) is 0 Å². The van der Waals surface area contributed by atoms with Crippen LogP contribution in [0.1, 0.15) is 33.4 Å². The van der Waals surface area contributed by atoms with Crippen molar-refractivity contribution in [2.45, 2.75) is 39.0 Å². The van der Waals surface area contributed by atoms with E-state index in [4.69, 9.17) is 4.52 Å². The predicted molar refractivity (Wildman–Crippen MR) is 103 cm³/mol. The van der Waals surface area contributed by atoms with Crippen LogP contribution in [0.15, 0.2) is 21.8 Å². The first-order valence-electron chi connectivity index (χ1n) is 9.10. The van der Waals surface area contributed by atoms with Crippen LogP contribution in [-0.4, -0.2) is 79.1 Å². The Morgan fingerprint density at radius 3 is 2.54 bits per heavy atom. The Morgan fingerprint density at radius 1 is 1.31 bits per heavy atom. The van der Waals surface area contributed by atoms with Crippen molar-refractivity contribution in [3.05, 3.63) is 18.0 Å². The maximum absolute atomic E-state index is 12.2. The van der Waals surface area contributed by atoms with Crippen molar-refractivity contribution in [3.8, 4) is 0 Å². The molecule has 2 heterocycles. The summed E-state index contributed by atoms with van der Waals surface area (Å²) in [7, 11) is -3.15.